The molecular formula is C10H10ClF2NO2. The Morgan fingerprint density at radius 3 is 2.75 bits per heavy atom. The first kappa shape index (κ1) is 12.8. The van der Waals surface area contributed by atoms with Gasteiger partial charge in [0.2, 0.25) is 0 Å². The number of rotatable bonds is 3. The lowest BCUT2D eigenvalue weighted by atomic mass is 10.1. The number of esters is 1. The van der Waals surface area contributed by atoms with Crippen molar-refractivity contribution in [1.82, 2.24) is 4.98 Å². The van der Waals surface area contributed by atoms with Crippen molar-refractivity contribution in [1.29, 1.82) is 0 Å². The van der Waals surface area contributed by atoms with Gasteiger partial charge in [-0.05, 0) is 13.8 Å². The maximum atomic E-state index is 12.8. The molecule has 0 bridgehead atoms. The molecule has 6 heteroatoms. The summed E-state index contributed by atoms with van der Waals surface area (Å²) >= 11 is 5.68. The lowest BCUT2D eigenvalue weighted by Crippen LogP contribution is -2.11. The van der Waals surface area contributed by atoms with Crippen molar-refractivity contribution in [3.05, 3.63) is 28.0 Å². The maximum Gasteiger partial charge on any atom is 0.340 e. The lowest BCUT2D eigenvalue weighted by Gasteiger charge is -2.11. The number of hydrogen-bond acceptors (Lipinski definition) is 3. The molecule has 1 rings (SSSR count). The number of carbonyl (C=O) groups excluding carboxylic acids is 1. The summed E-state index contributed by atoms with van der Waals surface area (Å²) in [5, 5.41) is -0.126. The predicted octanol–water partition coefficient (Wildman–Crippen LogP) is 3.16. The molecule has 0 amide bonds. The van der Waals surface area contributed by atoms with Crippen LogP contribution >= 0.6 is 11.6 Å². The topological polar surface area (TPSA) is 39.2 Å². The van der Waals surface area contributed by atoms with Crippen LogP contribution in [0.3, 0.4) is 0 Å². The minimum atomic E-state index is -2.81. The van der Waals surface area contributed by atoms with Crippen LogP contribution in [0.4, 0.5) is 8.78 Å². The van der Waals surface area contributed by atoms with Crippen LogP contribution in [0, 0.1) is 6.92 Å². The largest absolute Gasteiger partial charge is 0.462 e. The number of pyridine rings is 1. The molecule has 1 heterocycles. The van der Waals surface area contributed by atoms with Crippen molar-refractivity contribution in [3.8, 4) is 0 Å². The number of nitrogens with zero attached hydrogens (tertiary/aromatic N) is 1. The molecular weight excluding hydrogens is 240 g/mol. The Morgan fingerprint density at radius 1 is 1.62 bits per heavy atom. The van der Waals surface area contributed by atoms with Gasteiger partial charge in [0.1, 0.15) is 0 Å². The molecule has 0 aliphatic carbocycles. The number of aryl methyl sites for hydroxylation is 1. The van der Waals surface area contributed by atoms with Crippen LogP contribution in [0.1, 0.15) is 35.0 Å². The fourth-order valence-corrected chi connectivity index (χ4v) is 1.50. The maximum absolute atomic E-state index is 12.8. The zero-order valence-corrected chi connectivity index (χ0v) is 9.52. The molecule has 0 fully saturated rings. The predicted molar refractivity (Wildman–Crippen MR) is 54.9 cm³/mol. The van der Waals surface area contributed by atoms with E-state index in [9.17, 15) is 13.6 Å². The first-order valence-electron chi connectivity index (χ1n) is 4.59. The summed E-state index contributed by atoms with van der Waals surface area (Å²) in [6.45, 7) is 3.07. The van der Waals surface area contributed by atoms with E-state index in [-0.39, 0.29) is 22.9 Å². The summed E-state index contributed by atoms with van der Waals surface area (Å²) in [6.07, 6.45) is -1.65. The van der Waals surface area contributed by atoms with Gasteiger partial charge in [0, 0.05) is 11.9 Å². The number of carbonyl (C=O) groups is 1. The highest BCUT2D eigenvalue weighted by atomic mass is 35.5. The third kappa shape index (κ3) is 2.47. The van der Waals surface area contributed by atoms with Crippen LogP contribution in [0.15, 0.2) is 6.20 Å². The molecule has 0 aliphatic heterocycles. The van der Waals surface area contributed by atoms with Crippen LogP contribution in [0.2, 0.25) is 5.02 Å². The van der Waals surface area contributed by atoms with Crippen molar-refractivity contribution in [3.63, 3.8) is 0 Å². The Kier molecular flexibility index (Phi) is 4.18. The zero-order chi connectivity index (χ0) is 12.3. The molecule has 0 N–H and O–H groups in total. The van der Waals surface area contributed by atoms with Gasteiger partial charge < -0.3 is 4.74 Å². The summed E-state index contributed by atoms with van der Waals surface area (Å²) in [5.74, 6) is -0.853. The first-order chi connectivity index (χ1) is 7.49. The third-order valence-corrected chi connectivity index (χ3v) is 2.25. The molecule has 16 heavy (non-hydrogen) atoms. The SMILES string of the molecule is CCOC(=O)c1c(Cl)cnc(C)c1C(F)F. The van der Waals surface area contributed by atoms with Gasteiger partial charge in [0.15, 0.2) is 0 Å². The summed E-state index contributed by atoms with van der Waals surface area (Å²) < 4.78 is 30.2. The van der Waals surface area contributed by atoms with Crippen molar-refractivity contribution in [2.45, 2.75) is 20.3 Å². The van der Waals surface area contributed by atoms with Crippen molar-refractivity contribution < 1.29 is 18.3 Å². The summed E-state index contributed by atoms with van der Waals surface area (Å²) in [4.78, 5) is 15.2. The molecule has 0 saturated heterocycles. The molecule has 88 valence electrons. The van der Waals surface area contributed by atoms with Gasteiger partial charge >= 0.3 is 5.97 Å². The molecule has 3 nitrogen and oxygen atoms in total. The Labute approximate surface area is 96.4 Å². The van der Waals surface area contributed by atoms with Crippen LogP contribution < -0.4 is 0 Å². The summed E-state index contributed by atoms with van der Waals surface area (Å²) in [7, 11) is 0. The Bertz CT molecular complexity index is 410. The molecule has 0 atom stereocenters. The monoisotopic (exact) mass is 249 g/mol. The van der Waals surface area contributed by atoms with Gasteiger partial charge in [-0.15, -0.1) is 0 Å². The number of alkyl halides is 2. The lowest BCUT2D eigenvalue weighted by molar-refractivity contribution is 0.0515. The van der Waals surface area contributed by atoms with E-state index in [4.69, 9.17) is 11.6 Å². The van der Waals surface area contributed by atoms with Gasteiger partial charge in [0.05, 0.1) is 22.8 Å². The average Bonchev–Trinajstić information content (AvgIpc) is 2.20. The van der Waals surface area contributed by atoms with Crippen molar-refractivity contribution in [2.75, 3.05) is 6.61 Å². The molecule has 0 radical (unpaired) electrons. The smallest absolute Gasteiger partial charge is 0.340 e. The van der Waals surface area contributed by atoms with Crippen LogP contribution in [0.5, 0.6) is 0 Å². The molecule has 0 unspecified atom stereocenters. The van der Waals surface area contributed by atoms with E-state index in [0.29, 0.717) is 0 Å². The second kappa shape index (κ2) is 5.21. The second-order valence-electron chi connectivity index (χ2n) is 3.00. The van der Waals surface area contributed by atoms with Crippen LogP contribution in [-0.2, 0) is 4.74 Å². The van der Waals surface area contributed by atoms with Crippen LogP contribution in [-0.4, -0.2) is 17.6 Å². The van der Waals surface area contributed by atoms with E-state index < -0.39 is 18.0 Å². The number of hydrogen-bond donors (Lipinski definition) is 0. The molecule has 0 aliphatic rings. The molecule has 1 aromatic heterocycles. The fraction of sp³-hybridized carbons (Fsp3) is 0.400. The highest BCUT2D eigenvalue weighted by molar-refractivity contribution is 6.33. The average molecular weight is 250 g/mol. The van der Waals surface area contributed by atoms with E-state index in [1.807, 2.05) is 0 Å². The zero-order valence-electron chi connectivity index (χ0n) is 8.76. The van der Waals surface area contributed by atoms with E-state index in [1.165, 1.54) is 6.92 Å². The summed E-state index contributed by atoms with van der Waals surface area (Å²) in [5.41, 5.74) is -0.695. The van der Waals surface area contributed by atoms with E-state index >= 15 is 0 Å². The van der Waals surface area contributed by atoms with E-state index in [2.05, 4.69) is 9.72 Å². The highest BCUT2D eigenvalue weighted by Crippen LogP contribution is 2.30. The Balaban J connectivity index is 3.34. The first-order valence-corrected chi connectivity index (χ1v) is 4.97. The quantitative estimate of drug-likeness (QED) is 0.773. The fourth-order valence-electron chi connectivity index (χ4n) is 1.27. The van der Waals surface area contributed by atoms with Crippen LogP contribution in [0.25, 0.3) is 0 Å². The number of ether oxygens (including phenoxy) is 1. The standard InChI is InChI=1S/C10H10ClF2NO2/c1-3-16-10(15)8-6(11)4-14-5(2)7(8)9(12)13/h4,9H,3H2,1-2H3. The summed E-state index contributed by atoms with van der Waals surface area (Å²) in [6, 6.07) is 0. The van der Waals surface area contributed by atoms with Crippen molar-refractivity contribution >= 4 is 17.6 Å². The van der Waals surface area contributed by atoms with E-state index in [0.717, 1.165) is 6.20 Å². The van der Waals surface area contributed by atoms with E-state index in [1.54, 1.807) is 6.92 Å². The molecule has 1 aromatic rings. The number of halogens is 3. The normalized spacial score (nSPS) is 10.6. The Morgan fingerprint density at radius 2 is 2.25 bits per heavy atom. The van der Waals surface area contributed by atoms with Crippen molar-refractivity contribution in [2.24, 2.45) is 0 Å². The third-order valence-electron chi connectivity index (χ3n) is 1.97. The molecule has 0 aromatic carbocycles. The van der Waals surface area contributed by atoms with Gasteiger partial charge in [-0.25, -0.2) is 13.6 Å². The Hall–Kier alpha value is -1.23. The number of aromatic nitrogens is 1. The van der Waals surface area contributed by atoms with Gasteiger partial charge in [-0.1, -0.05) is 11.6 Å². The van der Waals surface area contributed by atoms with Gasteiger partial charge in [0.25, 0.3) is 6.43 Å². The second-order valence-corrected chi connectivity index (χ2v) is 3.41. The highest BCUT2D eigenvalue weighted by Gasteiger charge is 2.25. The minimum absolute atomic E-state index is 0.0717. The molecule has 0 saturated carbocycles. The molecule has 0 spiro atoms. The van der Waals surface area contributed by atoms with Gasteiger partial charge in [-0.3, -0.25) is 4.98 Å². The van der Waals surface area contributed by atoms with Gasteiger partial charge in [-0.2, -0.15) is 0 Å². The minimum Gasteiger partial charge on any atom is -0.462 e.